The van der Waals surface area contributed by atoms with Crippen molar-refractivity contribution >= 4 is 0 Å². The van der Waals surface area contributed by atoms with Gasteiger partial charge in [0.1, 0.15) is 5.82 Å². The zero-order valence-electron chi connectivity index (χ0n) is 12.6. The summed E-state index contributed by atoms with van der Waals surface area (Å²) in [7, 11) is 0. The smallest absolute Gasteiger partial charge is 0.170 e. The maximum Gasteiger partial charge on any atom is 0.170 e. The van der Waals surface area contributed by atoms with Crippen molar-refractivity contribution in [2.75, 3.05) is 6.61 Å². The van der Waals surface area contributed by atoms with E-state index in [1.807, 2.05) is 10.8 Å². The highest BCUT2D eigenvalue weighted by atomic mass is 19.2. The minimum absolute atomic E-state index is 0.173. The molecule has 1 aliphatic rings. The Morgan fingerprint density at radius 3 is 2.86 bits per heavy atom. The molecule has 0 unspecified atom stereocenters. The molecule has 0 radical (unpaired) electrons. The summed E-state index contributed by atoms with van der Waals surface area (Å²) in [6, 6.07) is 3.33. The van der Waals surface area contributed by atoms with Crippen LogP contribution < -0.4 is 0 Å². The van der Waals surface area contributed by atoms with Crippen molar-refractivity contribution in [2.45, 2.75) is 38.6 Å². The van der Waals surface area contributed by atoms with Crippen LogP contribution in [0.25, 0.3) is 11.4 Å². The van der Waals surface area contributed by atoms with Crippen LogP contribution in [0.15, 0.2) is 24.5 Å². The van der Waals surface area contributed by atoms with Crippen molar-refractivity contribution in [3.05, 3.63) is 41.7 Å². The number of aliphatic hydroxyl groups excluding tert-OH is 1. The molecule has 1 saturated carbocycles. The Hall–Kier alpha value is -1.75. The van der Waals surface area contributed by atoms with Crippen LogP contribution in [0.5, 0.6) is 0 Å². The molecule has 1 aliphatic carbocycles. The van der Waals surface area contributed by atoms with E-state index in [0.29, 0.717) is 5.82 Å². The Balaban J connectivity index is 1.97. The number of imidazole rings is 1. The standard InChI is InChI=1S/C17H20F2N2O/c1-11-5-6-14(16(19)15(11)18)17-20-7-8-21(17)13-4-2-3-12(9-13)10-22/h5-8,12-13,22H,2-4,9-10H2,1H3/t12-,13-/m1/s1. The Morgan fingerprint density at radius 2 is 2.09 bits per heavy atom. The van der Waals surface area contributed by atoms with E-state index in [0.717, 1.165) is 25.7 Å². The number of benzene rings is 1. The summed E-state index contributed by atoms with van der Waals surface area (Å²) in [4.78, 5) is 4.24. The predicted molar refractivity (Wildman–Crippen MR) is 80.4 cm³/mol. The molecule has 1 aromatic heterocycles. The van der Waals surface area contributed by atoms with Gasteiger partial charge in [0.25, 0.3) is 0 Å². The second-order valence-electron chi connectivity index (χ2n) is 6.09. The summed E-state index contributed by atoms with van der Waals surface area (Å²) in [5.74, 6) is -0.931. The average Bonchev–Trinajstić information content (AvgIpc) is 3.02. The van der Waals surface area contributed by atoms with Crippen LogP contribution in [-0.4, -0.2) is 21.3 Å². The molecule has 1 aromatic carbocycles. The summed E-state index contributed by atoms with van der Waals surface area (Å²) in [6.07, 6.45) is 7.29. The molecule has 1 fully saturated rings. The summed E-state index contributed by atoms with van der Waals surface area (Å²) in [5.41, 5.74) is 0.483. The van der Waals surface area contributed by atoms with Gasteiger partial charge in [0, 0.05) is 25.0 Å². The minimum Gasteiger partial charge on any atom is -0.396 e. The van der Waals surface area contributed by atoms with Crippen molar-refractivity contribution in [1.29, 1.82) is 0 Å². The van der Waals surface area contributed by atoms with E-state index in [9.17, 15) is 13.9 Å². The van der Waals surface area contributed by atoms with Gasteiger partial charge in [-0.2, -0.15) is 0 Å². The maximum absolute atomic E-state index is 14.2. The lowest BCUT2D eigenvalue weighted by Gasteiger charge is -2.30. The third-order valence-electron chi connectivity index (χ3n) is 4.59. The van der Waals surface area contributed by atoms with E-state index < -0.39 is 11.6 Å². The number of hydrogen-bond donors (Lipinski definition) is 1. The van der Waals surface area contributed by atoms with Crippen molar-refractivity contribution in [3.8, 4) is 11.4 Å². The van der Waals surface area contributed by atoms with Gasteiger partial charge in [-0.1, -0.05) is 12.5 Å². The molecular weight excluding hydrogens is 286 g/mol. The van der Waals surface area contributed by atoms with Crippen molar-refractivity contribution in [1.82, 2.24) is 9.55 Å². The number of nitrogens with zero attached hydrogens (tertiary/aromatic N) is 2. The normalized spacial score (nSPS) is 22.0. The largest absolute Gasteiger partial charge is 0.396 e. The van der Waals surface area contributed by atoms with Gasteiger partial charge in [0.15, 0.2) is 11.6 Å². The highest BCUT2D eigenvalue weighted by molar-refractivity contribution is 5.57. The molecule has 0 bridgehead atoms. The highest BCUT2D eigenvalue weighted by Crippen LogP contribution is 2.35. The van der Waals surface area contributed by atoms with Gasteiger partial charge in [-0.3, -0.25) is 0 Å². The average molecular weight is 306 g/mol. The summed E-state index contributed by atoms with van der Waals surface area (Å²) in [5, 5.41) is 9.37. The molecule has 2 atom stereocenters. The molecule has 0 saturated heterocycles. The van der Waals surface area contributed by atoms with Crippen LogP contribution in [-0.2, 0) is 0 Å². The molecule has 2 aromatic rings. The molecular formula is C17H20F2N2O. The quantitative estimate of drug-likeness (QED) is 0.935. The highest BCUT2D eigenvalue weighted by Gasteiger charge is 2.25. The summed E-state index contributed by atoms with van der Waals surface area (Å²) in [6.45, 7) is 1.72. The maximum atomic E-state index is 14.2. The lowest BCUT2D eigenvalue weighted by molar-refractivity contribution is 0.163. The van der Waals surface area contributed by atoms with Crippen LogP contribution in [0.3, 0.4) is 0 Å². The Bertz CT molecular complexity index is 669. The number of hydrogen-bond acceptors (Lipinski definition) is 2. The molecule has 3 rings (SSSR count). The van der Waals surface area contributed by atoms with Gasteiger partial charge >= 0.3 is 0 Å². The topological polar surface area (TPSA) is 38.0 Å². The van der Waals surface area contributed by atoms with E-state index in [-0.39, 0.29) is 29.7 Å². The first kappa shape index (κ1) is 15.2. The van der Waals surface area contributed by atoms with Crippen molar-refractivity contribution < 1.29 is 13.9 Å². The molecule has 1 N–H and O–H groups in total. The van der Waals surface area contributed by atoms with Crippen LogP contribution in [0.1, 0.15) is 37.3 Å². The van der Waals surface area contributed by atoms with Gasteiger partial charge in [0.2, 0.25) is 0 Å². The number of halogens is 2. The zero-order valence-corrected chi connectivity index (χ0v) is 12.6. The van der Waals surface area contributed by atoms with Crippen LogP contribution in [0.2, 0.25) is 0 Å². The lowest BCUT2D eigenvalue weighted by atomic mass is 9.86. The zero-order chi connectivity index (χ0) is 15.7. The SMILES string of the molecule is Cc1ccc(-c2nccn2[C@@H]2CCC[C@@H](CO)C2)c(F)c1F. The monoisotopic (exact) mass is 306 g/mol. The number of aromatic nitrogens is 2. The fourth-order valence-corrected chi connectivity index (χ4v) is 3.32. The molecule has 22 heavy (non-hydrogen) atoms. The number of aliphatic hydroxyl groups is 1. The first-order chi connectivity index (χ1) is 10.6. The second-order valence-corrected chi connectivity index (χ2v) is 6.09. The van der Waals surface area contributed by atoms with Crippen LogP contribution in [0, 0.1) is 24.5 Å². The Kier molecular flexibility index (Phi) is 4.25. The molecule has 1 heterocycles. The molecule has 118 valence electrons. The predicted octanol–water partition coefficient (Wildman–Crippen LogP) is 3.86. The van der Waals surface area contributed by atoms with Gasteiger partial charge in [-0.05, 0) is 43.7 Å². The molecule has 0 amide bonds. The van der Waals surface area contributed by atoms with E-state index in [2.05, 4.69) is 4.98 Å². The minimum atomic E-state index is -0.845. The van der Waals surface area contributed by atoms with Gasteiger partial charge < -0.3 is 9.67 Å². The molecule has 0 spiro atoms. The van der Waals surface area contributed by atoms with Crippen molar-refractivity contribution in [2.24, 2.45) is 5.92 Å². The third-order valence-corrected chi connectivity index (χ3v) is 4.59. The van der Waals surface area contributed by atoms with E-state index in [1.165, 1.54) is 0 Å². The number of aryl methyl sites for hydroxylation is 1. The van der Waals surface area contributed by atoms with Gasteiger partial charge in [-0.15, -0.1) is 0 Å². The molecule has 5 heteroatoms. The summed E-state index contributed by atoms with van der Waals surface area (Å²) >= 11 is 0. The van der Waals surface area contributed by atoms with E-state index in [4.69, 9.17) is 0 Å². The second kappa shape index (κ2) is 6.16. The third kappa shape index (κ3) is 2.65. The first-order valence-electron chi connectivity index (χ1n) is 7.70. The lowest BCUT2D eigenvalue weighted by Crippen LogP contribution is -2.21. The van der Waals surface area contributed by atoms with Crippen LogP contribution in [0.4, 0.5) is 8.78 Å². The van der Waals surface area contributed by atoms with E-state index >= 15 is 0 Å². The summed E-state index contributed by atoms with van der Waals surface area (Å²) < 4.78 is 30.0. The first-order valence-corrected chi connectivity index (χ1v) is 7.70. The van der Waals surface area contributed by atoms with Gasteiger partial charge in [-0.25, -0.2) is 13.8 Å². The Morgan fingerprint density at radius 1 is 1.27 bits per heavy atom. The molecule has 0 aliphatic heterocycles. The fraction of sp³-hybridized carbons (Fsp3) is 0.471. The Labute approximate surface area is 128 Å². The van der Waals surface area contributed by atoms with Gasteiger partial charge in [0.05, 0.1) is 5.56 Å². The van der Waals surface area contributed by atoms with Crippen molar-refractivity contribution in [3.63, 3.8) is 0 Å². The number of rotatable bonds is 3. The van der Waals surface area contributed by atoms with Crippen LogP contribution >= 0.6 is 0 Å². The van der Waals surface area contributed by atoms with E-state index in [1.54, 1.807) is 25.3 Å². The fourth-order valence-electron chi connectivity index (χ4n) is 3.32. The molecule has 3 nitrogen and oxygen atoms in total.